The van der Waals surface area contributed by atoms with Crippen LogP contribution >= 0.6 is 0 Å². The number of nitrogens with one attached hydrogen (secondary N) is 1. The molecule has 1 amide bonds. The number of para-hydroxylation sites is 2. The van der Waals surface area contributed by atoms with Gasteiger partial charge in [0.05, 0.1) is 22.1 Å². The summed E-state index contributed by atoms with van der Waals surface area (Å²) in [5, 5.41) is 3.70. The predicted molar refractivity (Wildman–Crippen MR) is 142 cm³/mol. The molecule has 202 valence electrons. The second kappa shape index (κ2) is 8.47. The Hall–Kier alpha value is -4.05. The monoisotopic (exact) mass is 530 g/mol. The molecule has 4 heterocycles. The van der Waals surface area contributed by atoms with Crippen molar-refractivity contribution in [3.8, 4) is 0 Å². The first kappa shape index (κ1) is 25.2. The maximum absolute atomic E-state index is 14.0. The lowest BCUT2D eigenvalue weighted by atomic mass is 9.88. The minimum absolute atomic E-state index is 0.0815. The second-order valence-electron chi connectivity index (χ2n) is 11.3. The van der Waals surface area contributed by atoms with Crippen LogP contribution in [0.4, 0.5) is 5.69 Å². The van der Waals surface area contributed by atoms with E-state index in [2.05, 4.69) is 5.32 Å². The highest BCUT2D eigenvalue weighted by molar-refractivity contribution is 6.05. The highest BCUT2D eigenvalue weighted by atomic mass is 16.6. The number of carbonyl (C=O) groups is 3. The van der Waals surface area contributed by atoms with Crippen LogP contribution in [0.25, 0.3) is 10.9 Å². The van der Waals surface area contributed by atoms with Gasteiger partial charge in [-0.05, 0) is 38.0 Å². The molecule has 3 aliphatic rings. The zero-order valence-electron chi connectivity index (χ0n) is 22.4. The second-order valence-corrected chi connectivity index (χ2v) is 11.3. The number of fused-ring (bicyclic) bond motifs is 6. The van der Waals surface area contributed by atoms with Crippen LogP contribution in [0.5, 0.6) is 0 Å². The molecule has 0 unspecified atom stereocenters. The molecule has 6 rings (SSSR count). The molecule has 0 aliphatic carbocycles. The van der Waals surface area contributed by atoms with Crippen LogP contribution in [-0.4, -0.2) is 39.1 Å². The van der Waals surface area contributed by atoms with Gasteiger partial charge in [-0.25, -0.2) is 9.78 Å². The van der Waals surface area contributed by atoms with Gasteiger partial charge in [0.25, 0.3) is 5.56 Å². The molecule has 3 aromatic rings. The van der Waals surface area contributed by atoms with Gasteiger partial charge in [-0.3, -0.25) is 29.2 Å². The highest BCUT2D eigenvalue weighted by Gasteiger charge is 2.66. The van der Waals surface area contributed by atoms with Crippen LogP contribution in [0.15, 0.2) is 53.3 Å². The maximum atomic E-state index is 14.0. The van der Waals surface area contributed by atoms with Gasteiger partial charge in [0.1, 0.15) is 12.2 Å². The molecule has 0 saturated carbocycles. The average Bonchev–Trinajstić information content (AvgIpc) is 3.45. The van der Waals surface area contributed by atoms with Crippen LogP contribution in [0.2, 0.25) is 0 Å². The summed E-state index contributed by atoms with van der Waals surface area (Å²) in [5.74, 6) is -1.32. The standard InChI is InChI=1S/C29H30N4O6/c1-15(2)22(38-16(3)34)23-30-19-12-8-6-10-17(19)24(35)32(23)21-14-29(39-25(21)36)18-11-7-9-13-20(18)33-26(29)31-28(4,5)27(33)37/h6-13,15,21-22,26,31H,14H2,1-5H3/t21-,22+,26-,29+/m0/s1. The fraction of sp³-hybridized carbons (Fsp3) is 0.414. The molecule has 1 spiro atoms. The Bertz CT molecular complexity index is 1610. The number of rotatable bonds is 4. The van der Waals surface area contributed by atoms with E-state index >= 15 is 0 Å². The van der Waals surface area contributed by atoms with E-state index < -0.39 is 46.9 Å². The average molecular weight is 531 g/mol. The van der Waals surface area contributed by atoms with E-state index in [1.807, 2.05) is 38.1 Å². The summed E-state index contributed by atoms with van der Waals surface area (Å²) in [6.45, 7) is 8.59. The van der Waals surface area contributed by atoms with Crippen molar-refractivity contribution >= 4 is 34.4 Å². The van der Waals surface area contributed by atoms with Crippen molar-refractivity contribution in [2.24, 2.45) is 5.92 Å². The number of carbonyl (C=O) groups excluding carboxylic acids is 3. The first-order chi connectivity index (χ1) is 18.5. The van der Waals surface area contributed by atoms with E-state index in [0.717, 1.165) is 0 Å². The molecular weight excluding hydrogens is 500 g/mol. The number of nitrogens with zero attached hydrogens (tertiary/aromatic N) is 3. The number of anilines is 1. The van der Waals surface area contributed by atoms with Crippen molar-refractivity contribution in [2.45, 2.75) is 70.5 Å². The lowest BCUT2D eigenvalue weighted by Crippen LogP contribution is -2.51. The fourth-order valence-electron chi connectivity index (χ4n) is 6.17. The maximum Gasteiger partial charge on any atom is 0.330 e. The lowest BCUT2D eigenvalue weighted by molar-refractivity contribution is -0.152. The number of ether oxygens (including phenoxy) is 2. The molecule has 3 aliphatic heterocycles. The number of esters is 2. The van der Waals surface area contributed by atoms with Crippen LogP contribution in [0, 0.1) is 5.92 Å². The Balaban J connectivity index is 1.55. The molecule has 10 nitrogen and oxygen atoms in total. The highest BCUT2D eigenvalue weighted by Crippen LogP contribution is 2.56. The number of aromatic nitrogens is 2. The van der Waals surface area contributed by atoms with Crippen molar-refractivity contribution < 1.29 is 23.9 Å². The minimum atomic E-state index is -1.22. The van der Waals surface area contributed by atoms with Crippen LogP contribution in [-0.2, 0) is 29.5 Å². The first-order valence-corrected chi connectivity index (χ1v) is 13.1. The molecule has 4 atom stereocenters. The van der Waals surface area contributed by atoms with Gasteiger partial charge in [0.2, 0.25) is 5.91 Å². The Kier molecular flexibility index (Phi) is 5.48. The largest absolute Gasteiger partial charge is 0.454 e. The Morgan fingerprint density at radius 1 is 1.10 bits per heavy atom. The summed E-state index contributed by atoms with van der Waals surface area (Å²) in [7, 11) is 0. The van der Waals surface area contributed by atoms with Gasteiger partial charge >= 0.3 is 11.9 Å². The molecule has 0 bridgehead atoms. The molecule has 0 radical (unpaired) electrons. The van der Waals surface area contributed by atoms with E-state index in [4.69, 9.17) is 14.5 Å². The SMILES string of the molecule is CC(=O)O[C@@H](c1nc2ccccc2c(=O)n1[C@H]1C[C@@]2(OC1=O)c1ccccc1N1C(=O)C(C)(C)N[C@@H]12)C(C)C. The molecule has 2 aromatic carbocycles. The van der Waals surface area contributed by atoms with Crippen LogP contribution < -0.4 is 15.8 Å². The van der Waals surface area contributed by atoms with E-state index in [9.17, 15) is 19.2 Å². The topological polar surface area (TPSA) is 120 Å². The van der Waals surface area contributed by atoms with E-state index in [0.29, 0.717) is 22.2 Å². The molecule has 39 heavy (non-hydrogen) atoms. The summed E-state index contributed by atoms with van der Waals surface area (Å²) < 4.78 is 13.2. The van der Waals surface area contributed by atoms with Crippen molar-refractivity contribution in [1.29, 1.82) is 0 Å². The summed E-state index contributed by atoms with van der Waals surface area (Å²) in [6, 6.07) is 13.2. The zero-order chi connectivity index (χ0) is 27.9. The summed E-state index contributed by atoms with van der Waals surface area (Å²) in [5.41, 5.74) is -0.714. The van der Waals surface area contributed by atoms with E-state index in [-0.39, 0.29) is 24.1 Å². The van der Waals surface area contributed by atoms with E-state index in [1.54, 1.807) is 43.0 Å². The number of benzene rings is 2. The third-order valence-electron chi connectivity index (χ3n) is 7.92. The van der Waals surface area contributed by atoms with Crippen LogP contribution in [0.3, 0.4) is 0 Å². The molecule has 1 aromatic heterocycles. The quantitative estimate of drug-likeness (QED) is 0.511. The van der Waals surface area contributed by atoms with Crippen molar-refractivity contribution in [2.75, 3.05) is 4.90 Å². The lowest BCUT2D eigenvalue weighted by Gasteiger charge is -2.31. The number of amides is 1. The van der Waals surface area contributed by atoms with Gasteiger partial charge < -0.3 is 9.47 Å². The van der Waals surface area contributed by atoms with E-state index in [1.165, 1.54) is 11.5 Å². The third-order valence-corrected chi connectivity index (χ3v) is 7.92. The molecule has 2 fully saturated rings. The summed E-state index contributed by atoms with van der Waals surface area (Å²) in [4.78, 5) is 59.6. The Labute approximate surface area is 224 Å². The Morgan fingerprint density at radius 3 is 2.51 bits per heavy atom. The zero-order valence-corrected chi connectivity index (χ0v) is 22.4. The van der Waals surface area contributed by atoms with Gasteiger partial charge in [-0.2, -0.15) is 0 Å². The third kappa shape index (κ3) is 3.54. The molecular formula is C29H30N4O6. The molecule has 10 heteroatoms. The smallest absolute Gasteiger partial charge is 0.330 e. The van der Waals surface area contributed by atoms with Crippen molar-refractivity contribution in [1.82, 2.24) is 14.9 Å². The van der Waals surface area contributed by atoms with Gasteiger partial charge in [-0.15, -0.1) is 0 Å². The van der Waals surface area contributed by atoms with Crippen LogP contribution in [0.1, 0.15) is 64.6 Å². The van der Waals surface area contributed by atoms with Gasteiger partial charge in [-0.1, -0.05) is 44.2 Å². The summed E-state index contributed by atoms with van der Waals surface area (Å²) >= 11 is 0. The van der Waals surface area contributed by atoms with Crippen molar-refractivity contribution in [3.05, 3.63) is 70.3 Å². The predicted octanol–water partition coefficient (Wildman–Crippen LogP) is 3.09. The minimum Gasteiger partial charge on any atom is -0.454 e. The Morgan fingerprint density at radius 2 is 1.79 bits per heavy atom. The molecule has 1 N–H and O–H groups in total. The van der Waals surface area contributed by atoms with Gasteiger partial charge in [0.15, 0.2) is 17.5 Å². The molecule has 2 saturated heterocycles. The normalized spacial score (nSPS) is 25.7. The summed E-state index contributed by atoms with van der Waals surface area (Å²) in [6.07, 6.45) is -1.44. The number of hydrogen-bond donors (Lipinski definition) is 1. The number of hydrogen-bond acceptors (Lipinski definition) is 8. The van der Waals surface area contributed by atoms with Crippen molar-refractivity contribution in [3.63, 3.8) is 0 Å². The fourth-order valence-corrected chi connectivity index (χ4v) is 6.17. The van der Waals surface area contributed by atoms with Gasteiger partial charge in [0, 0.05) is 18.9 Å². The first-order valence-electron chi connectivity index (χ1n) is 13.1.